The topological polar surface area (TPSA) is 84.4 Å². The van der Waals surface area contributed by atoms with Crippen LogP contribution in [0.1, 0.15) is 29.1 Å². The van der Waals surface area contributed by atoms with Crippen molar-refractivity contribution in [1.29, 1.82) is 0 Å². The number of carbonyl (C=O) groups excluding carboxylic acids is 2. The number of para-hydroxylation sites is 1. The Morgan fingerprint density at radius 1 is 1.33 bits per heavy atom. The molecular formula is C19H18N4O3S. The molecule has 0 saturated carbocycles. The van der Waals surface area contributed by atoms with Crippen LogP contribution in [-0.2, 0) is 9.53 Å². The van der Waals surface area contributed by atoms with E-state index in [2.05, 4.69) is 15.3 Å². The second-order valence-corrected chi connectivity index (χ2v) is 7.12. The summed E-state index contributed by atoms with van der Waals surface area (Å²) in [6.07, 6.45) is 1.28. The van der Waals surface area contributed by atoms with Crippen molar-refractivity contribution in [3.8, 4) is 0 Å². The Morgan fingerprint density at radius 3 is 2.96 bits per heavy atom. The Balaban J connectivity index is 1.72. The summed E-state index contributed by atoms with van der Waals surface area (Å²) in [4.78, 5) is 35.1. The second-order valence-electron chi connectivity index (χ2n) is 6.23. The van der Waals surface area contributed by atoms with E-state index < -0.39 is 0 Å². The van der Waals surface area contributed by atoms with Crippen molar-refractivity contribution >= 4 is 39.2 Å². The fourth-order valence-corrected chi connectivity index (χ4v) is 3.64. The van der Waals surface area contributed by atoms with Crippen LogP contribution in [0.4, 0.5) is 5.13 Å². The van der Waals surface area contributed by atoms with Crippen LogP contribution in [0.2, 0.25) is 0 Å². The number of ether oxygens (including phenoxy) is 1. The molecule has 4 rings (SSSR count). The van der Waals surface area contributed by atoms with Crippen LogP contribution >= 0.6 is 11.3 Å². The summed E-state index contributed by atoms with van der Waals surface area (Å²) in [5.74, 6) is -0.241. The molecule has 1 saturated heterocycles. The lowest BCUT2D eigenvalue weighted by Crippen LogP contribution is -2.41. The van der Waals surface area contributed by atoms with Gasteiger partial charge >= 0.3 is 0 Å². The van der Waals surface area contributed by atoms with Gasteiger partial charge in [0.1, 0.15) is 6.10 Å². The molecular weight excluding hydrogens is 364 g/mol. The fourth-order valence-electron chi connectivity index (χ4n) is 3.11. The molecule has 3 heterocycles. The standard InChI is InChI=1S/C19H18N4O3S/c1-12(24)23-7-8-26-17(11-23)16-10-14(13-4-2-3-5-15(13)21-16)18(25)22-19-20-6-9-27-19/h2-6,9-10,17H,7-8,11H2,1H3,(H,20,22,25). The Kier molecular flexibility index (Phi) is 4.83. The first-order chi connectivity index (χ1) is 13.1. The number of carbonyl (C=O) groups is 2. The van der Waals surface area contributed by atoms with E-state index in [1.54, 1.807) is 29.5 Å². The van der Waals surface area contributed by atoms with E-state index in [1.807, 2.05) is 24.3 Å². The van der Waals surface area contributed by atoms with E-state index in [1.165, 1.54) is 11.3 Å². The van der Waals surface area contributed by atoms with Gasteiger partial charge in [0.25, 0.3) is 5.91 Å². The third kappa shape index (κ3) is 3.67. The lowest BCUT2D eigenvalue weighted by molar-refractivity contribution is -0.136. The first-order valence-corrected chi connectivity index (χ1v) is 9.47. The molecule has 8 heteroatoms. The largest absolute Gasteiger partial charge is 0.368 e. The van der Waals surface area contributed by atoms with Gasteiger partial charge in [-0.25, -0.2) is 9.97 Å². The Bertz CT molecular complexity index is 990. The maximum absolute atomic E-state index is 12.9. The Labute approximate surface area is 160 Å². The number of fused-ring (bicyclic) bond motifs is 1. The molecule has 2 amide bonds. The zero-order valence-corrected chi connectivity index (χ0v) is 15.5. The van der Waals surface area contributed by atoms with Crippen molar-refractivity contribution in [2.45, 2.75) is 13.0 Å². The van der Waals surface area contributed by atoms with Crippen molar-refractivity contribution in [2.24, 2.45) is 0 Å². The minimum atomic E-state index is -0.362. The maximum Gasteiger partial charge on any atom is 0.258 e. The average molecular weight is 382 g/mol. The first-order valence-electron chi connectivity index (χ1n) is 8.59. The summed E-state index contributed by atoms with van der Waals surface area (Å²) in [7, 11) is 0. The van der Waals surface area contributed by atoms with E-state index in [0.29, 0.717) is 41.6 Å². The van der Waals surface area contributed by atoms with E-state index in [9.17, 15) is 9.59 Å². The molecule has 0 spiro atoms. The van der Waals surface area contributed by atoms with Crippen molar-refractivity contribution in [2.75, 3.05) is 25.0 Å². The minimum absolute atomic E-state index is 0.00539. The summed E-state index contributed by atoms with van der Waals surface area (Å²) in [5.41, 5.74) is 1.86. The summed E-state index contributed by atoms with van der Waals surface area (Å²) in [6.45, 7) is 2.98. The highest BCUT2D eigenvalue weighted by molar-refractivity contribution is 7.13. The number of hydrogen-bond acceptors (Lipinski definition) is 6. The van der Waals surface area contributed by atoms with Crippen LogP contribution < -0.4 is 5.32 Å². The number of aromatic nitrogens is 2. The van der Waals surface area contributed by atoms with Crippen LogP contribution in [-0.4, -0.2) is 46.4 Å². The van der Waals surface area contributed by atoms with Crippen LogP contribution in [0.15, 0.2) is 41.9 Å². The number of anilines is 1. The van der Waals surface area contributed by atoms with Crippen molar-refractivity contribution in [1.82, 2.24) is 14.9 Å². The number of rotatable bonds is 3. The smallest absolute Gasteiger partial charge is 0.258 e. The molecule has 0 radical (unpaired) electrons. The van der Waals surface area contributed by atoms with Gasteiger partial charge in [0.05, 0.1) is 29.9 Å². The lowest BCUT2D eigenvalue weighted by Gasteiger charge is -2.32. The molecule has 1 fully saturated rings. The number of pyridine rings is 1. The van der Waals surface area contributed by atoms with Gasteiger partial charge in [-0.2, -0.15) is 0 Å². The Hall–Kier alpha value is -2.84. The summed E-state index contributed by atoms with van der Waals surface area (Å²) < 4.78 is 5.84. The number of nitrogens with zero attached hydrogens (tertiary/aromatic N) is 3. The van der Waals surface area contributed by atoms with Gasteiger partial charge in [0, 0.05) is 30.4 Å². The highest BCUT2D eigenvalue weighted by atomic mass is 32.1. The third-order valence-electron chi connectivity index (χ3n) is 4.48. The van der Waals surface area contributed by atoms with Crippen LogP contribution in [0, 0.1) is 0 Å². The zero-order valence-electron chi connectivity index (χ0n) is 14.7. The number of thiazole rings is 1. The number of amides is 2. The molecule has 7 nitrogen and oxygen atoms in total. The van der Waals surface area contributed by atoms with E-state index in [4.69, 9.17) is 4.74 Å². The van der Waals surface area contributed by atoms with E-state index >= 15 is 0 Å². The molecule has 1 aliphatic rings. The van der Waals surface area contributed by atoms with Crippen LogP contribution in [0.5, 0.6) is 0 Å². The maximum atomic E-state index is 12.9. The molecule has 1 unspecified atom stereocenters. The zero-order chi connectivity index (χ0) is 18.8. The van der Waals surface area contributed by atoms with Gasteiger partial charge in [0.15, 0.2) is 5.13 Å². The average Bonchev–Trinajstić information content (AvgIpc) is 3.20. The first kappa shape index (κ1) is 17.6. The van der Waals surface area contributed by atoms with Crippen LogP contribution in [0.25, 0.3) is 10.9 Å². The fraction of sp³-hybridized carbons (Fsp3) is 0.263. The molecule has 138 valence electrons. The molecule has 1 aliphatic heterocycles. The molecule has 0 aliphatic carbocycles. The van der Waals surface area contributed by atoms with E-state index in [0.717, 1.165) is 5.39 Å². The molecule has 0 bridgehead atoms. The monoisotopic (exact) mass is 382 g/mol. The molecule has 1 aromatic carbocycles. The predicted molar refractivity (Wildman–Crippen MR) is 103 cm³/mol. The third-order valence-corrected chi connectivity index (χ3v) is 5.16. The van der Waals surface area contributed by atoms with Gasteiger partial charge < -0.3 is 9.64 Å². The minimum Gasteiger partial charge on any atom is -0.368 e. The number of nitrogens with one attached hydrogen (secondary N) is 1. The number of benzene rings is 1. The Morgan fingerprint density at radius 2 is 2.19 bits per heavy atom. The normalized spacial score (nSPS) is 17.1. The molecule has 3 aromatic rings. The lowest BCUT2D eigenvalue weighted by atomic mass is 10.0. The summed E-state index contributed by atoms with van der Waals surface area (Å²) in [6, 6.07) is 9.24. The van der Waals surface area contributed by atoms with Crippen molar-refractivity contribution < 1.29 is 14.3 Å². The molecule has 1 N–H and O–H groups in total. The highest BCUT2D eigenvalue weighted by Crippen LogP contribution is 2.27. The van der Waals surface area contributed by atoms with E-state index in [-0.39, 0.29) is 17.9 Å². The van der Waals surface area contributed by atoms with Gasteiger partial charge in [-0.05, 0) is 12.1 Å². The second kappa shape index (κ2) is 7.42. The SMILES string of the molecule is CC(=O)N1CCOC(c2cc(C(=O)Nc3nccs3)c3ccccc3n2)C1. The predicted octanol–water partition coefficient (Wildman–Crippen LogP) is 2.86. The van der Waals surface area contributed by atoms with Crippen molar-refractivity contribution in [3.63, 3.8) is 0 Å². The van der Waals surface area contributed by atoms with Gasteiger partial charge in [0.2, 0.25) is 5.91 Å². The highest BCUT2D eigenvalue weighted by Gasteiger charge is 2.26. The summed E-state index contributed by atoms with van der Waals surface area (Å²) in [5, 5.41) is 5.93. The van der Waals surface area contributed by atoms with Gasteiger partial charge in [-0.3, -0.25) is 14.9 Å². The molecule has 2 aromatic heterocycles. The van der Waals surface area contributed by atoms with Gasteiger partial charge in [-0.15, -0.1) is 11.3 Å². The number of morpholine rings is 1. The van der Waals surface area contributed by atoms with Crippen LogP contribution in [0.3, 0.4) is 0 Å². The van der Waals surface area contributed by atoms with Gasteiger partial charge in [-0.1, -0.05) is 18.2 Å². The molecule has 1 atom stereocenters. The molecule has 27 heavy (non-hydrogen) atoms. The van der Waals surface area contributed by atoms with Crippen molar-refractivity contribution in [3.05, 3.63) is 53.2 Å². The summed E-state index contributed by atoms with van der Waals surface area (Å²) >= 11 is 1.36. The number of hydrogen-bond donors (Lipinski definition) is 1. The quantitative estimate of drug-likeness (QED) is 0.753.